The van der Waals surface area contributed by atoms with Crippen molar-refractivity contribution in [2.45, 2.75) is 24.4 Å². The molecule has 0 unspecified atom stereocenters. The highest BCUT2D eigenvalue weighted by Gasteiger charge is 2.16. The third-order valence-corrected chi connectivity index (χ3v) is 2.87. The molecule has 5 heteroatoms. The van der Waals surface area contributed by atoms with Crippen molar-refractivity contribution >= 4 is 17.7 Å². The summed E-state index contributed by atoms with van der Waals surface area (Å²) in [4.78, 5) is 17.7. The van der Waals surface area contributed by atoms with Crippen molar-refractivity contribution < 1.29 is 9.90 Å². The molecular weight excluding hydrogens is 188 g/mol. The first-order chi connectivity index (χ1) is 6.25. The van der Waals surface area contributed by atoms with E-state index >= 15 is 0 Å². The van der Waals surface area contributed by atoms with E-state index in [0.717, 1.165) is 30.1 Å². The number of hydrogen-bond acceptors (Lipinski definition) is 3. The lowest BCUT2D eigenvalue weighted by Crippen LogP contribution is -1.98. The number of aromatic nitrogens is 2. The summed E-state index contributed by atoms with van der Waals surface area (Å²) < 4.78 is 0. The number of fused-ring (bicyclic) bond motifs is 1. The molecule has 2 rings (SSSR count). The van der Waals surface area contributed by atoms with Crippen LogP contribution in [0.5, 0.6) is 0 Å². The third kappa shape index (κ3) is 1.85. The van der Waals surface area contributed by atoms with E-state index in [1.165, 1.54) is 17.5 Å². The Morgan fingerprint density at radius 1 is 1.62 bits per heavy atom. The van der Waals surface area contributed by atoms with E-state index in [2.05, 4.69) is 9.97 Å². The summed E-state index contributed by atoms with van der Waals surface area (Å²) in [5.74, 6) is -0.728. The van der Waals surface area contributed by atoms with Gasteiger partial charge in [0.1, 0.15) is 0 Å². The minimum atomic E-state index is -0.804. The number of aryl methyl sites for hydroxylation is 2. The number of carbonyl (C=O) groups is 1. The summed E-state index contributed by atoms with van der Waals surface area (Å²) in [6.45, 7) is 0. The van der Waals surface area contributed by atoms with Crippen LogP contribution in [-0.4, -0.2) is 26.8 Å². The Kier molecular flexibility index (Phi) is 2.26. The fraction of sp³-hybridized carbons (Fsp3) is 0.500. The van der Waals surface area contributed by atoms with Crippen molar-refractivity contribution in [1.29, 1.82) is 0 Å². The van der Waals surface area contributed by atoms with Gasteiger partial charge in [0.2, 0.25) is 0 Å². The van der Waals surface area contributed by atoms with Gasteiger partial charge in [-0.15, -0.1) is 0 Å². The largest absolute Gasteiger partial charge is 0.481 e. The van der Waals surface area contributed by atoms with Gasteiger partial charge < -0.3 is 10.1 Å². The number of imidazole rings is 1. The van der Waals surface area contributed by atoms with Crippen LogP contribution in [0.4, 0.5) is 0 Å². The second-order valence-corrected chi connectivity index (χ2v) is 3.97. The Labute approximate surface area is 79.8 Å². The molecule has 0 saturated carbocycles. The molecule has 1 heterocycles. The van der Waals surface area contributed by atoms with Crippen LogP contribution in [-0.2, 0) is 17.6 Å². The number of nitrogens with one attached hydrogen (secondary N) is 1. The number of nitrogens with zero attached hydrogens (tertiary/aromatic N) is 1. The molecule has 4 nitrogen and oxygen atoms in total. The van der Waals surface area contributed by atoms with Crippen molar-refractivity contribution in [3.8, 4) is 0 Å². The number of rotatable bonds is 3. The van der Waals surface area contributed by atoms with Crippen molar-refractivity contribution in [1.82, 2.24) is 9.97 Å². The van der Waals surface area contributed by atoms with Crippen LogP contribution in [0.2, 0.25) is 0 Å². The van der Waals surface area contributed by atoms with Crippen LogP contribution < -0.4 is 0 Å². The highest BCUT2D eigenvalue weighted by atomic mass is 32.2. The average Bonchev–Trinajstić information content (AvgIpc) is 2.58. The molecular formula is C8H10N2O2S. The van der Waals surface area contributed by atoms with Gasteiger partial charge in [-0.1, -0.05) is 11.8 Å². The smallest absolute Gasteiger partial charge is 0.313 e. The molecule has 2 N–H and O–H groups in total. The third-order valence-electron chi connectivity index (χ3n) is 2.02. The van der Waals surface area contributed by atoms with Gasteiger partial charge in [-0.25, -0.2) is 4.98 Å². The van der Waals surface area contributed by atoms with Crippen LogP contribution in [0, 0.1) is 0 Å². The SMILES string of the molecule is O=C(O)CSc1nc2c([nH]1)CCC2. The first-order valence-electron chi connectivity index (χ1n) is 4.18. The Bertz CT molecular complexity index is 313. The molecule has 0 aliphatic heterocycles. The van der Waals surface area contributed by atoms with E-state index in [1.54, 1.807) is 0 Å². The number of aliphatic carboxylic acids is 1. The van der Waals surface area contributed by atoms with E-state index in [1.807, 2.05) is 0 Å². The molecule has 1 aromatic rings. The lowest BCUT2D eigenvalue weighted by Gasteiger charge is -1.92. The Morgan fingerprint density at radius 2 is 2.46 bits per heavy atom. The van der Waals surface area contributed by atoms with Crippen LogP contribution >= 0.6 is 11.8 Å². The monoisotopic (exact) mass is 198 g/mol. The quantitative estimate of drug-likeness (QED) is 0.713. The molecule has 0 fully saturated rings. The van der Waals surface area contributed by atoms with Crippen LogP contribution in [0.1, 0.15) is 17.8 Å². The number of carboxylic acid groups (broad SMARTS) is 1. The maximum absolute atomic E-state index is 10.3. The van der Waals surface area contributed by atoms with E-state index < -0.39 is 5.97 Å². The van der Waals surface area contributed by atoms with Gasteiger partial charge in [-0.2, -0.15) is 0 Å². The molecule has 0 atom stereocenters. The minimum absolute atomic E-state index is 0.0758. The van der Waals surface area contributed by atoms with Crippen molar-refractivity contribution in [2.24, 2.45) is 0 Å². The predicted octanol–water partition coefficient (Wildman–Crippen LogP) is 1.08. The van der Waals surface area contributed by atoms with Crippen LogP contribution in [0.3, 0.4) is 0 Å². The molecule has 13 heavy (non-hydrogen) atoms. The second-order valence-electron chi connectivity index (χ2n) is 3.00. The highest BCUT2D eigenvalue weighted by Crippen LogP contribution is 2.23. The molecule has 0 radical (unpaired) electrons. The maximum Gasteiger partial charge on any atom is 0.313 e. The van der Waals surface area contributed by atoms with Gasteiger partial charge >= 0.3 is 5.97 Å². The van der Waals surface area contributed by atoms with Gasteiger partial charge in [0.15, 0.2) is 5.16 Å². The molecule has 0 aromatic carbocycles. The Morgan fingerprint density at radius 3 is 3.15 bits per heavy atom. The number of hydrogen-bond donors (Lipinski definition) is 2. The van der Waals surface area contributed by atoms with Crippen molar-refractivity contribution in [3.05, 3.63) is 11.4 Å². The summed E-state index contributed by atoms with van der Waals surface area (Å²) in [6.07, 6.45) is 3.24. The number of H-pyrrole nitrogens is 1. The number of thioether (sulfide) groups is 1. The molecule has 1 aromatic heterocycles. The lowest BCUT2D eigenvalue weighted by atomic mass is 10.4. The van der Waals surface area contributed by atoms with Gasteiger partial charge in [0.25, 0.3) is 0 Å². The summed E-state index contributed by atoms with van der Waals surface area (Å²) in [6, 6.07) is 0. The number of carboxylic acids is 1. The maximum atomic E-state index is 10.3. The van der Waals surface area contributed by atoms with E-state index in [0.29, 0.717) is 0 Å². The molecule has 0 spiro atoms. The predicted molar refractivity (Wildman–Crippen MR) is 49.0 cm³/mol. The van der Waals surface area contributed by atoms with Crippen molar-refractivity contribution in [2.75, 3.05) is 5.75 Å². The minimum Gasteiger partial charge on any atom is -0.481 e. The highest BCUT2D eigenvalue weighted by molar-refractivity contribution is 7.99. The molecule has 0 bridgehead atoms. The molecule has 0 saturated heterocycles. The zero-order chi connectivity index (χ0) is 9.26. The van der Waals surface area contributed by atoms with E-state index in [-0.39, 0.29) is 5.75 Å². The molecule has 70 valence electrons. The lowest BCUT2D eigenvalue weighted by molar-refractivity contribution is -0.133. The zero-order valence-electron chi connectivity index (χ0n) is 7.04. The molecule has 1 aliphatic carbocycles. The first-order valence-corrected chi connectivity index (χ1v) is 5.16. The summed E-state index contributed by atoms with van der Waals surface area (Å²) in [5, 5.41) is 9.20. The van der Waals surface area contributed by atoms with E-state index in [4.69, 9.17) is 5.11 Å². The van der Waals surface area contributed by atoms with Crippen molar-refractivity contribution in [3.63, 3.8) is 0 Å². The molecule has 1 aliphatic rings. The first kappa shape index (κ1) is 8.62. The van der Waals surface area contributed by atoms with Crippen LogP contribution in [0.25, 0.3) is 0 Å². The Balaban J connectivity index is 2.02. The Hall–Kier alpha value is -0.970. The number of aromatic amines is 1. The van der Waals surface area contributed by atoms with Gasteiger partial charge in [-0.05, 0) is 19.3 Å². The summed E-state index contributed by atoms with van der Waals surface area (Å²) in [7, 11) is 0. The van der Waals surface area contributed by atoms with E-state index in [9.17, 15) is 4.79 Å². The fourth-order valence-electron chi connectivity index (χ4n) is 1.46. The summed E-state index contributed by atoms with van der Waals surface area (Å²) >= 11 is 1.25. The second kappa shape index (κ2) is 3.41. The van der Waals surface area contributed by atoms with Gasteiger partial charge in [-0.3, -0.25) is 4.79 Å². The average molecular weight is 198 g/mol. The fourth-order valence-corrected chi connectivity index (χ4v) is 2.09. The normalized spacial score (nSPS) is 14.5. The van der Waals surface area contributed by atoms with Crippen LogP contribution in [0.15, 0.2) is 5.16 Å². The van der Waals surface area contributed by atoms with Gasteiger partial charge in [0, 0.05) is 5.69 Å². The topological polar surface area (TPSA) is 66.0 Å². The van der Waals surface area contributed by atoms with Gasteiger partial charge in [0.05, 0.1) is 11.4 Å². The zero-order valence-corrected chi connectivity index (χ0v) is 7.86. The standard InChI is InChI=1S/C8H10N2O2S/c11-7(12)4-13-8-9-5-2-1-3-6(5)10-8/h1-4H2,(H,9,10)(H,11,12). The molecule has 0 amide bonds. The summed E-state index contributed by atoms with van der Waals surface area (Å²) in [5.41, 5.74) is 2.31.